The van der Waals surface area contributed by atoms with Crippen LogP contribution in [0.2, 0.25) is 5.02 Å². The predicted molar refractivity (Wildman–Crippen MR) is 119 cm³/mol. The Labute approximate surface area is 176 Å². The Morgan fingerprint density at radius 1 is 1.03 bits per heavy atom. The van der Waals surface area contributed by atoms with E-state index in [1.807, 2.05) is 73.6 Å². The van der Waals surface area contributed by atoms with Crippen LogP contribution in [0.15, 0.2) is 67.0 Å². The molecule has 0 unspecified atom stereocenters. The molecule has 0 bridgehead atoms. The van der Waals surface area contributed by atoms with Gasteiger partial charge in [0.1, 0.15) is 0 Å². The summed E-state index contributed by atoms with van der Waals surface area (Å²) in [5.41, 5.74) is 4.59. The van der Waals surface area contributed by atoms with Gasteiger partial charge in [0.15, 0.2) is 0 Å². The van der Waals surface area contributed by atoms with E-state index < -0.39 is 0 Å². The maximum atomic E-state index is 12.4. The number of carbonyl (C=O) groups is 1. The third kappa shape index (κ3) is 6.31. The highest BCUT2D eigenvalue weighted by molar-refractivity contribution is 6.30. The SMILES string of the molecule is CN(C)CCNC(=O)c1cccc(-c2cncc(NCc3ccc(Cl)cc3)c2)c1. The van der Waals surface area contributed by atoms with E-state index in [9.17, 15) is 4.79 Å². The Bertz CT molecular complexity index is 957. The molecule has 2 aromatic carbocycles. The normalized spacial score (nSPS) is 10.8. The van der Waals surface area contributed by atoms with Crippen molar-refractivity contribution in [3.63, 3.8) is 0 Å². The van der Waals surface area contributed by atoms with E-state index in [0.29, 0.717) is 18.7 Å². The van der Waals surface area contributed by atoms with Crippen molar-refractivity contribution >= 4 is 23.2 Å². The lowest BCUT2D eigenvalue weighted by Gasteiger charge is -2.11. The summed E-state index contributed by atoms with van der Waals surface area (Å²) >= 11 is 5.93. The molecule has 0 radical (unpaired) electrons. The van der Waals surface area contributed by atoms with Crippen molar-refractivity contribution in [1.29, 1.82) is 0 Å². The third-order valence-corrected chi connectivity index (χ3v) is 4.70. The van der Waals surface area contributed by atoms with Crippen LogP contribution in [0.3, 0.4) is 0 Å². The first kappa shape index (κ1) is 20.8. The molecule has 0 fully saturated rings. The van der Waals surface area contributed by atoms with Gasteiger partial charge in [0.25, 0.3) is 5.91 Å². The number of carbonyl (C=O) groups excluding carboxylic acids is 1. The number of pyridine rings is 1. The zero-order chi connectivity index (χ0) is 20.6. The third-order valence-electron chi connectivity index (χ3n) is 4.45. The van der Waals surface area contributed by atoms with Gasteiger partial charge < -0.3 is 15.5 Å². The quantitative estimate of drug-likeness (QED) is 0.583. The predicted octanol–water partition coefficient (Wildman–Crippen LogP) is 4.31. The van der Waals surface area contributed by atoms with Gasteiger partial charge in [-0.1, -0.05) is 35.9 Å². The molecule has 0 spiro atoms. The van der Waals surface area contributed by atoms with Crippen LogP contribution in [0.4, 0.5) is 5.69 Å². The average Bonchev–Trinajstić information content (AvgIpc) is 2.73. The van der Waals surface area contributed by atoms with Crippen molar-refractivity contribution in [2.75, 3.05) is 32.5 Å². The molecule has 150 valence electrons. The highest BCUT2D eigenvalue weighted by atomic mass is 35.5. The maximum Gasteiger partial charge on any atom is 0.251 e. The summed E-state index contributed by atoms with van der Waals surface area (Å²) in [6.07, 6.45) is 3.59. The number of benzene rings is 2. The summed E-state index contributed by atoms with van der Waals surface area (Å²) in [4.78, 5) is 18.8. The Hall–Kier alpha value is -2.89. The molecule has 0 aliphatic rings. The summed E-state index contributed by atoms with van der Waals surface area (Å²) in [6.45, 7) is 2.09. The van der Waals surface area contributed by atoms with Crippen LogP contribution in [0, 0.1) is 0 Å². The highest BCUT2D eigenvalue weighted by Crippen LogP contribution is 2.23. The Morgan fingerprint density at radius 2 is 1.83 bits per heavy atom. The van der Waals surface area contributed by atoms with E-state index in [-0.39, 0.29) is 5.91 Å². The topological polar surface area (TPSA) is 57.3 Å². The fourth-order valence-corrected chi connectivity index (χ4v) is 2.96. The molecule has 5 nitrogen and oxygen atoms in total. The largest absolute Gasteiger partial charge is 0.380 e. The zero-order valence-corrected chi connectivity index (χ0v) is 17.4. The van der Waals surface area contributed by atoms with Crippen molar-refractivity contribution in [3.05, 3.63) is 83.1 Å². The van der Waals surface area contributed by atoms with E-state index in [0.717, 1.165) is 33.9 Å². The second kappa shape index (κ2) is 10.0. The van der Waals surface area contributed by atoms with E-state index in [1.165, 1.54) is 0 Å². The van der Waals surface area contributed by atoms with Crippen molar-refractivity contribution in [2.45, 2.75) is 6.54 Å². The number of anilines is 1. The first-order valence-corrected chi connectivity index (χ1v) is 9.86. The Morgan fingerprint density at radius 3 is 2.59 bits per heavy atom. The molecule has 3 rings (SSSR count). The number of rotatable bonds is 8. The van der Waals surface area contributed by atoms with E-state index >= 15 is 0 Å². The molecule has 0 saturated heterocycles. The Balaban J connectivity index is 1.68. The number of aromatic nitrogens is 1. The van der Waals surface area contributed by atoms with Gasteiger partial charge in [-0.2, -0.15) is 0 Å². The van der Waals surface area contributed by atoms with Crippen LogP contribution in [0.1, 0.15) is 15.9 Å². The second-order valence-electron chi connectivity index (χ2n) is 7.08. The van der Waals surface area contributed by atoms with Crippen molar-refractivity contribution in [1.82, 2.24) is 15.2 Å². The van der Waals surface area contributed by atoms with Gasteiger partial charge in [-0.25, -0.2) is 0 Å². The molecule has 1 aromatic heterocycles. The summed E-state index contributed by atoms with van der Waals surface area (Å²) in [5, 5.41) is 7.05. The molecule has 0 atom stereocenters. The maximum absolute atomic E-state index is 12.4. The van der Waals surface area contributed by atoms with Gasteiger partial charge in [-0.05, 0) is 55.6 Å². The minimum atomic E-state index is -0.0707. The molecule has 1 amide bonds. The van der Waals surface area contributed by atoms with Crippen LogP contribution in [0.5, 0.6) is 0 Å². The molecular formula is C23H25ClN4O. The molecule has 0 aliphatic carbocycles. The lowest BCUT2D eigenvalue weighted by molar-refractivity contribution is 0.0951. The summed E-state index contributed by atoms with van der Waals surface area (Å²) in [7, 11) is 3.96. The van der Waals surface area contributed by atoms with Gasteiger partial charge in [-0.3, -0.25) is 9.78 Å². The van der Waals surface area contributed by atoms with E-state index in [4.69, 9.17) is 11.6 Å². The lowest BCUT2D eigenvalue weighted by atomic mass is 10.0. The van der Waals surface area contributed by atoms with Crippen LogP contribution < -0.4 is 10.6 Å². The fraction of sp³-hybridized carbons (Fsp3) is 0.217. The molecule has 0 aliphatic heterocycles. The summed E-state index contributed by atoms with van der Waals surface area (Å²) in [6, 6.07) is 17.4. The number of likely N-dealkylation sites (N-methyl/N-ethyl adjacent to an activating group) is 1. The minimum Gasteiger partial charge on any atom is -0.380 e. The van der Waals surface area contributed by atoms with Gasteiger partial charge in [0.2, 0.25) is 0 Å². The summed E-state index contributed by atoms with van der Waals surface area (Å²) in [5.74, 6) is -0.0707. The number of amides is 1. The number of nitrogens with one attached hydrogen (secondary N) is 2. The monoisotopic (exact) mass is 408 g/mol. The van der Waals surface area contributed by atoms with Gasteiger partial charge in [0, 0.05) is 48.2 Å². The van der Waals surface area contributed by atoms with Crippen LogP contribution in [0.25, 0.3) is 11.1 Å². The highest BCUT2D eigenvalue weighted by Gasteiger charge is 2.08. The molecule has 0 saturated carbocycles. The molecule has 2 N–H and O–H groups in total. The smallest absolute Gasteiger partial charge is 0.251 e. The summed E-state index contributed by atoms with van der Waals surface area (Å²) < 4.78 is 0. The standard InChI is InChI=1S/C23H25ClN4O/c1-28(2)11-10-26-23(29)19-5-3-4-18(12-19)20-13-22(16-25-15-20)27-14-17-6-8-21(24)9-7-17/h3-9,12-13,15-16,27H,10-11,14H2,1-2H3,(H,26,29). The minimum absolute atomic E-state index is 0.0707. The average molecular weight is 409 g/mol. The van der Waals surface area contributed by atoms with Crippen molar-refractivity contribution in [2.24, 2.45) is 0 Å². The number of nitrogens with zero attached hydrogens (tertiary/aromatic N) is 2. The van der Waals surface area contributed by atoms with Crippen LogP contribution >= 0.6 is 11.6 Å². The molecular weight excluding hydrogens is 384 g/mol. The van der Waals surface area contributed by atoms with Gasteiger partial charge in [0.05, 0.1) is 5.69 Å². The lowest BCUT2D eigenvalue weighted by Crippen LogP contribution is -2.31. The first-order chi connectivity index (χ1) is 14.0. The van der Waals surface area contributed by atoms with Crippen molar-refractivity contribution in [3.8, 4) is 11.1 Å². The molecule has 29 heavy (non-hydrogen) atoms. The number of hydrogen-bond acceptors (Lipinski definition) is 4. The van der Waals surface area contributed by atoms with Gasteiger partial charge in [-0.15, -0.1) is 0 Å². The van der Waals surface area contributed by atoms with E-state index in [1.54, 1.807) is 12.4 Å². The van der Waals surface area contributed by atoms with E-state index in [2.05, 4.69) is 15.6 Å². The van der Waals surface area contributed by atoms with Crippen molar-refractivity contribution < 1.29 is 4.79 Å². The molecule has 6 heteroatoms. The first-order valence-electron chi connectivity index (χ1n) is 9.48. The van der Waals surface area contributed by atoms with Crippen LogP contribution in [-0.2, 0) is 6.54 Å². The number of hydrogen-bond donors (Lipinski definition) is 2. The Kier molecular flexibility index (Phi) is 7.22. The fourth-order valence-electron chi connectivity index (χ4n) is 2.84. The van der Waals surface area contributed by atoms with Crippen LogP contribution in [-0.4, -0.2) is 43.0 Å². The number of halogens is 1. The zero-order valence-electron chi connectivity index (χ0n) is 16.7. The molecule has 1 heterocycles. The second-order valence-corrected chi connectivity index (χ2v) is 7.52. The van der Waals surface area contributed by atoms with Gasteiger partial charge >= 0.3 is 0 Å². The molecule has 3 aromatic rings.